The summed E-state index contributed by atoms with van der Waals surface area (Å²) >= 11 is 0. The standard InChI is InChI=1S/C13H13N3O/c1-13-5-9(6-14)11(17)4-10(13)3-8-7-16(2)15-12(8)13/h5,7,10H,3-4H2,1-2H3. The first kappa shape index (κ1) is 10.3. The fourth-order valence-corrected chi connectivity index (χ4v) is 3.09. The summed E-state index contributed by atoms with van der Waals surface area (Å²) < 4.78 is 1.81. The van der Waals surface area contributed by atoms with Crippen LogP contribution in [0.25, 0.3) is 0 Å². The Kier molecular flexibility index (Phi) is 1.86. The van der Waals surface area contributed by atoms with Gasteiger partial charge in [0, 0.05) is 25.1 Å². The molecule has 2 atom stereocenters. The van der Waals surface area contributed by atoms with Gasteiger partial charge in [0.1, 0.15) is 6.07 Å². The Hall–Kier alpha value is -1.89. The molecule has 86 valence electrons. The minimum Gasteiger partial charge on any atom is -0.293 e. The fraction of sp³-hybridized carbons (Fsp3) is 0.462. The monoisotopic (exact) mass is 227 g/mol. The Balaban J connectivity index is 2.18. The van der Waals surface area contributed by atoms with Crippen LogP contribution >= 0.6 is 0 Å². The van der Waals surface area contributed by atoms with E-state index in [9.17, 15) is 4.79 Å². The van der Waals surface area contributed by atoms with E-state index in [1.807, 2.05) is 30.1 Å². The minimum atomic E-state index is -0.241. The number of carbonyl (C=O) groups excluding carboxylic acids is 1. The van der Waals surface area contributed by atoms with Gasteiger partial charge in [-0.05, 0) is 17.9 Å². The third-order valence-electron chi connectivity index (χ3n) is 4.03. The van der Waals surface area contributed by atoms with Crippen LogP contribution in [0.15, 0.2) is 17.8 Å². The molecular weight excluding hydrogens is 214 g/mol. The Morgan fingerprint density at radius 1 is 1.59 bits per heavy atom. The molecule has 17 heavy (non-hydrogen) atoms. The normalized spacial score (nSPS) is 30.5. The van der Waals surface area contributed by atoms with Gasteiger partial charge in [0.2, 0.25) is 0 Å². The molecule has 0 bridgehead atoms. The Morgan fingerprint density at radius 3 is 3.06 bits per heavy atom. The Labute approximate surface area is 99.5 Å². The van der Waals surface area contributed by atoms with E-state index in [4.69, 9.17) is 5.26 Å². The van der Waals surface area contributed by atoms with Gasteiger partial charge >= 0.3 is 0 Å². The maximum atomic E-state index is 11.7. The number of nitrogens with zero attached hydrogens (tertiary/aromatic N) is 3. The molecule has 0 saturated carbocycles. The van der Waals surface area contributed by atoms with Gasteiger partial charge in [-0.25, -0.2) is 0 Å². The molecule has 0 N–H and O–H groups in total. The molecule has 0 aliphatic heterocycles. The van der Waals surface area contributed by atoms with E-state index >= 15 is 0 Å². The number of hydrogen-bond acceptors (Lipinski definition) is 3. The molecule has 0 saturated heterocycles. The molecule has 0 spiro atoms. The number of aryl methyl sites for hydroxylation is 1. The van der Waals surface area contributed by atoms with Crippen molar-refractivity contribution in [3.8, 4) is 6.07 Å². The van der Waals surface area contributed by atoms with Crippen molar-refractivity contribution in [2.75, 3.05) is 0 Å². The third-order valence-corrected chi connectivity index (χ3v) is 4.03. The average molecular weight is 227 g/mol. The Morgan fingerprint density at radius 2 is 2.35 bits per heavy atom. The van der Waals surface area contributed by atoms with E-state index in [1.165, 1.54) is 5.56 Å². The van der Waals surface area contributed by atoms with Crippen molar-refractivity contribution in [1.82, 2.24) is 9.78 Å². The third kappa shape index (κ3) is 1.22. The van der Waals surface area contributed by atoms with Crippen LogP contribution in [0.2, 0.25) is 0 Å². The highest BCUT2D eigenvalue weighted by molar-refractivity contribution is 6.00. The van der Waals surface area contributed by atoms with Crippen LogP contribution in [0.4, 0.5) is 0 Å². The summed E-state index contributed by atoms with van der Waals surface area (Å²) in [7, 11) is 1.90. The summed E-state index contributed by atoms with van der Waals surface area (Å²) in [6.07, 6.45) is 5.20. The van der Waals surface area contributed by atoms with Gasteiger partial charge < -0.3 is 0 Å². The van der Waals surface area contributed by atoms with Gasteiger partial charge in [-0.2, -0.15) is 10.4 Å². The summed E-state index contributed by atoms with van der Waals surface area (Å²) in [5.74, 6) is 0.246. The predicted octanol–water partition coefficient (Wildman–Crippen LogP) is 1.27. The largest absolute Gasteiger partial charge is 0.293 e. The van der Waals surface area contributed by atoms with E-state index < -0.39 is 0 Å². The number of hydrogen-bond donors (Lipinski definition) is 0. The van der Waals surface area contributed by atoms with Crippen LogP contribution < -0.4 is 0 Å². The van der Waals surface area contributed by atoms with Gasteiger partial charge in [0.25, 0.3) is 0 Å². The number of ketones is 1. The van der Waals surface area contributed by atoms with Crippen LogP contribution in [0.1, 0.15) is 24.6 Å². The number of Topliss-reactive ketones (excluding diaryl/α,β-unsaturated/α-hetero) is 1. The average Bonchev–Trinajstić information content (AvgIpc) is 2.74. The number of nitriles is 1. The van der Waals surface area contributed by atoms with E-state index in [0.717, 1.165) is 12.1 Å². The summed E-state index contributed by atoms with van der Waals surface area (Å²) in [6.45, 7) is 2.08. The van der Waals surface area contributed by atoms with E-state index in [0.29, 0.717) is 12.0 Å². The number of rotatable bonds is 0. The molecule has 1 aromatic heterocycles. The molecule has 0 fully saturated rings. The molecule has 1 aromatic rings. The quantitative estimate of drug-likeness (QED) is 0.670. The van der Waals surface area contributed by atoms with Crippen molar-refractivity contribution in [3.63, 3.8) is 0 Å². The van der Waals surface area contributed by atoms with Crippen LogP contribution in [0.3, 0.4) is 0 Å². The molecule has 4 heteroatoms. The van der Waals surface area contributed by atoms with Crippen molar-refractivity contribution in [3.05, 3.63) is 29.1 Å². The summed E-state index contributed by atoms with van der Waals surface area (Å²) in [5, 5.41) is 13.5. The van der Waals surface area contributed by atoms with Crippen LogP contribution in [0, 0.1) is 17.2 Å². The van der Waals surface area contributed by atoms with Crippen LogP contribution in [0.5, 0.6) is 0 Å². The van der Waals surface area contributed by atoms with Gasteiger partial charge in [-0.3, -0.25) is 9.48 Å². The van der Waals surface area contributed by atoms with Crippen molar-refractivity contribution in [1.29, 1.82) is 5.26 Å². The molecule has 2 aliphatic carbocycles. The van der Waals surface area contributed by atoms with Crippen LogP contribution in [-0.4, -0.2) is 15.6 Å². The highest BCUT2D eigenvalue weighted by Crippen LogP contribution is 2.48. The lowest BCUT2D eigenvalue weighted by Gasteiger charge is -2.31. The van der Waals surface area contributed by atoms with E-state index in [-0.39, 0.29) is 17.1 Å². The van der Waals surface area contributed by atoms with Crippen molar-refractivity contribution in [2.45, 2.75) is 25.2 Å². The lowest BCUT2D eigenvalue weighted by Crippen LogP contribution is -2.34. The number of aromatic nitrogens is 2. The number of carbonyl (C=O) groups is 1. The van der Waals surface area contributed by atoms with E-state index in [2.05, 4.69) is 12.0 Å². The molecule has 0 radical (unpaired) electrons. The molecule has 2 aliphatic rings. The highest BCUT2D eigenvalue weighted by Gasteiger charge is 2.48. The first-order chi connectivity index (χ1) is 8.04. The van der Waals surface area contributed by atoms with E-state index in [1.54, 1.807) is 0 Å². The Bertz CT molecular complexity index is 590. The zero-order valence-corrected chi connectivity index (χ0v) is 9.90. The second kappa shape index (κ2) is 3.07. The van der Waals surface area contributed by atoms with Gasteiger partial charge in [0.15, 0.2) is 5.78 Å². The maximum absolute atomic E-state index is 11.7. The lowest BCUT2D eigenvalue weighted by molar-refractivity contribution is -0.117. The molecule has 1 heterocycles. The predicted molar refractivity (Wildman–Crippen MR) is 61.1 cm³/mol. The zero-order chi connectivity index (χ0) is 12.2. The number of allylic oxidation sites excluding steroid dienone is 2. The first-order valence-corrected chi connectivity index (χ1v) is 5.74. The molecule has 4 nitrogen and oxygen atoms in total. The molecular formula is C13H13N3O. The van der Waals surface area contributed by atoms with Crippen molar-refractivity contribution in [2.24, 2.45) is 13.0 Å². The molecule has 2 unspecified atom stereocenters. The molecule has 0 amide bonds. The molecule has 0 aromatic carbocycles. The van der Waals surface area contributed by atoms with Gasteiger partial charge in [0.05, 0.1) is 11.3 Å². The van der Waals surface area contributed by atoms with Crippen molar-refractivity contribution >= 4 is 5.78 Å². The zero-order valence-electron chi connectivity index (χ0n) is 9.90. The second-order valence-electron chi connectivity index (χ2n) is 5.16. The topological polar surface area (TPSA) is 58.7 Å². The fourth-order valence-electron chi connectivity index (χ4n) is 3.09. The lowest BCUT2D eigenvalue weighted by atomic mass is 9.70. The minimum absolute atomic E-state index is 0.0236. The molecule has 3 rings (SSSR count). The highest BCUT2D eigenvalue weighted by atomic mass is 16.1. The first-order valence-electron chi connectivity index (χ1n) is 5.74. The second-order valence-corrected chi connectivity index (χ2v) is 5.16. The summed E-state index contributed by atoms with van der Waals surface area (Å²) in [4.78, 5) is 11.7. The van der Waals surface area contributed by atoms with Crippen molar-refractivity contribution < 1.29 is 4.79 Å². The smallest absolute Gasteiger partial charge is 0.173 e. The van der Waals surface area contributed by atoms with Crippen LogP contribution in [-0.2, 0) is 23.7 Å². The summed E-state index contributed by atoms with van der Waals surface area (Å²) in [6, 6.07) is 2.01. The van der Waals surface area contributed by atoms with Gasteiger partial charge in [-0.1, -0.05) is 13.0 Å². The van der Waals surface area contributed by atoms with Gasteiger partial charge in [-0.15, -0.1) is 0 Å². The number of fused-ring (bicyclic) bond motifs is 3. The maximum Gasteiger partial charge on any atom is 0.173 e. The summed E-state index contributed by atoms with van der Waals surface area (Å²) in [5.41, 5.74) is 2.30. The SMILES string of the molecule is Cn1cc2c(n1)C1(C)C=C(C#N)C(=O)CC1C2.